The summed E-state index contributed by atoms with van der Waals surface area (Å²) in [6.45, 7) is 6.92. The van der Waals surface area contributed by atoms with Crippen LogP contribution < -0.4 is 4.74 Å². The van der Waals surface area contributed by atoms with E-state index in [0.29, 0.717) is 0 Å². The number of H-pyrrole nitrogens is 1. The smallest absolute Gasteiger partial charge is 0.123 e. The molecule has 0 amide bonds. The van der Waals surface area contributed by atoms with E-state index >= 15 is 0 Å². The summed E-state index contributed by atoms with van der Waals surface area (Å²) in [4.78, 5) is 3.33. The van der Waals surface area contributed by atoms with Gasteiger partial charge >= 0.3 is 0 Å². The molecule has 2 aromatic rings. The van der Waals surface area contributed by atoms with E-state index in [1.807, 2.05) is 13.8 Å². The highest BCUT2D eigenvalue weighted by Gasteiger charge is 2.15. The molecule has 0 fully saturated rings. The molecule has 0 saturated heterocycles. The lowest BCUT2D eigenvalue weighted by Gasteiger charge is -1.98. The van der Waals surface area contributed by atoms with Crippen molar-refractivity contribution in [2.24, 2.45) is 0 Å². The van der Waals surface area contributed by atoms with Crippen LogP contribution in [0, 0.1) is 6.92 Å². The Bertz CT molecular complexity index is 471. The summed E-state index contributed by atoms with van der Waals surface area (Å²) in [6, 6.07) is 6.34. The first-order chi connectivity index (χ1) is 7.34. The van der Waals surface area contributed by atoms with Gasteiger partial charge in [0.25, 0.3) is 0 Å². The molecule has 0 bridgehead atoms. The highest BCUT2D eigenvalue weighted by atomic mass is 16.5. The van der Waals surface area contributed by atoms with Crippen LogP contribution in [0.4, 0.5) is 0 Å². The number of aryl methyl sites for hydroxylation is 1. The van der Waals surface area contributed by atoms with Crippen LogP contribution in [-0.2, 0) is 6.42 Å². The van der Waals surface area contributed by atoms with E-state index in [1.54, 1.807) is 0 Å². The van der Waals surface area contributed by atoms with Crippen LogP contribution >= 0.6 is 0 Å². The van der Waals surface area contributed by atoms with Crippen molar-refractivity contribution >= 4 is 10.9 Å². The van der Waals surface area contributed by atoms with Crippen LogP contribution in [0.25, 0.3) is 10.9 Å². The van der Waals surface area contributed by atoms with Gasteiger partial charge in [0.05, 0.1) is 6.61 Å². The van der Waals surface area contributed by atoms with Gasteiger partial charge in [-0.05, 0) is 25.1 Å². The first-order valence-electron chi connectivity index (χ1n) is 5.58. The topological polar surface area (TPSA) is 25.0 Å². The summed E-state index contributed by atoms with van der Waals surface area (Å²) in [6.07, 6.45) is 1.05. The van der Waals surface area contributed by atoms with Crippen LogP contribution in [0.5, 0.6) is 5.75 Å². The molecule has 1 aromatic heterocycles. The average molecular weight is 203 g/mol. The molecule has 1 aliphatic rings. The minimum atomic E-state index is 0.832. The summed E-state index contributed by atoms with van der Waals surface area (Å²) >= 11 is 0. The molecule has 2 nitrogen and oxygen atoms in total. The highest BCUT2D eigenvalue weighted by Crippen LogP contribution is 2.32. The van der Waals surface area contributed by atoms with Crippen molar-refractivity contribution < 1.29 is 4.74 Å². The first-order valence-corrected chi connectivity index (χ1v) is 5.58. The molecule has 80 valence electrons. The van der Waals surface area contributed by atoms with E-state index in [4.69, 9.17) is 4.74 Å². The molecule has 0 atom stereocenters. The van der Waals surface area contributed by atoms with Gasteiger partial charge in [-0.2, -0.15) is 0 Å². The summed E-state index contributed by atoms with van der Waals surface area (Å²) in [7, 11) is 0. The van der Waals surface area contributed by atoms with Gasteiger partial charge in [0, 0.05) is 28.6 Å². The third-order valence-corrected chi connectivity index (χ3v) is 2.62. The SMILES string of the molecule is CC.Cc1cc2c3c(ccc2[nH]1)OCC3. The van der Waals surface area contributed by atoms with E-state index in [-0.39, 0.29) is 0 Å². The molecule has 2 heterocycles. The predicted octanol–water partition coefficient (Wildman–Crippen LogP) is 3.44. The maximum absolute atomic E-state index is 5.50. The second-order valence-electron chi connectivity index (χ2n) is 3.55. The molecular weight excluding hydrogens is 186 g/mol. The summed E-state index contributed by atoms with van der Waals surface area (Å²) in [5.41, 5.74) is 3.80. The van der Waals surface area contributed by atoms with E-state index < -0.39 is 0 Å². The summed E-state index contributed by atoms with van der Waals surface area (Å²) in [5, 5.41) is 1.33. The fourth-order valence-corrected chi connectivity index (χ4v) is 2.04. The second-order valence-corrected chi connectivity index (χ2v) is 3.55. The Morgan fingerprint density at radius 2 is 2.07 bits per heavy atom. The molecule has 0 unspecified atom stereocenters. The third kappa shape index (κ3) is 1.60. The second kappa shape index (κ2) is 3.97. The van der Waals surface area contributed by atoms with Crippen molar-refractivity contribution in [1.29, 1.82) is 0 Å². The third-order valence-electron chi connectivity index (χ3n) is 2.62. The number of aromatic nitrogens is 1. The number of rotatable bonds is 0. The van der Waals surface area contributed by atoms with Crippen molar-refractivity contribution in [2.75, 3.05) is 6.61 Å². The summed E-state index contributed by atoms with van der Waals surface area (Å²) in [5.74, 6) is 1.06. The van der Waals surface area contributed by atoms with Gasteiger partial charge in [-0.3, -0.25) is 0 Å². The number of ether oxygens (including phenoxy) is 1. The van der Waals surface area contributed by atoms with Crippen LogP contribution in [-0.4, -0.2) is 11.6 Å². The number of benzene rings is 1. The van der Waals surface area contributed by atoms with Crippen molar-refractivity contribution in [3.05, 3.63) is 29.5 Å². The molecular formula is C13H17NO. The molecule has 15 heavy (non-hydrogen) atoms. The van der Waals surface area contributed by atoms with Gasteiger partial charge < -0.3 is 9.72 Å². The van der Waals surface area contributed by atoms with Gasteiger partial charge in [-0.1, -0.05) is 13.8 Å². The van der Waals surface area contributed by atoms with Gasteiger partial charge in [0.1, 0.15) is 5.75 Å². The van der Waals surface area contributed by atoms with Crippen LogP contribution in [0.3, 0.4) is 0 Å². The Morgan fingerprint density at radius 3 is 2.87 bits per heavy atom. The Kier molecular flexibility index (Phi) is 2.67. The fourth-order valence-electron chi connectivity index (χ4n) is 2.04. The molecule has 0 aliphatic carbocycles. The van der Waals surface area contributed by atoms with E-state index in [0.717, 1.165) is 18.8 Å². The highest BCUT2D eigenvalue weighted by molar-refractivity contribution is 5.86. The molecule has 3 rings (SSSR count). The predicted molar refractivity (Wildman–Crippen MR) is 63.6 cm³/mol. The molecule has 1 N–H and O–H groups in total. The number of fused-ring (bicyclic) bond motifs is 3. The number of nitrogens with one attached hydrogen (secondary N) is 1. The number of hydrogen-bond acceptors (Lipinski definition) is 1. The molecule has 2 heteroatoms. The molecule has 0 saturated carbocycles. The van der Waals surface area contributed by atoms with Crippen LogP contribution in [0.1, 0.15) is 25.1 Å². The Balaban J connectivity index is 0.000000404. The van der Waals surface area contributed by atoms with Gasteiger partial charge in [0.2, 0.25) is 0 Å². The van der Waals surface area contributed by atoms with Gasteiger partial charge in [0.15, 0.2) is 0 Å². The zero-order valence-electron chi connectivity index (χ0n) is 9.55. The maximum atomic E-state index is 5.50. The van der Waals surface area contributed by atoms with Crippen LogP contribution in [0.2, 0.25) is 0 Å². The van der Waals surface area contributed by atoms with Crippen molar-refractivity contribution in [2.45, 2.75) is 27.2 Å². The normalized spacial score (nSPS) is 13.0. The summed E-state index contributed by atoms with van der Waals surface area (Å²) < 4.78 is 5.50. The zero-order valence-corrected chi connectivity index (χ0v) is 9.55. The first kappa shape index (κ1) is 10.1. The minimum absolute atomic E-state index is 0.832. The Morgan fingerprint density at radius 1 is 1.27 bits per heavy atom. The van der Waals surface area contributed by atoms with Crippen molar-refractivity contribution in [3.8, 4) is 5.75 Å². The Hall–Kier alpha value is -1.44. The monoisotopic (exact) mass is 203 g/mol. The Labute approximate surface area is 90.3 Å². The van der Waals surface area contributed by atoms with Gasteiger partial charge in [-0.15, -0.1) is 0 Å². The van der Waals surface area contributed by atoms with E-state index in [9.17, 15) is 0 Å². The minimum Gasteiger partial charge on any atom is -0.493 e. The average Bonchev–Trinajstić information content (AvgIpc) is 2.84. The molecule has 0 radical (unpaired) electrons. The zero-order chi connectivity index (χ0) is 10.8. The lowest BCUT2D eigenvalue weighted by molar-refractivity contribution is 0.357. The van der Waals surface area contributed by atoms with Crippen molar-refractivity contribution in [1.82, 2.24) is 4.98 Å². The number of aromatic amines is 1. The van der Waals surface area contributed by atoms with E-state index in [1.165, 1.54) is 22.2 Å². The molecule has 0 spiro atoms. The van der Waals surface area contributed by atoms with E-state index in [2.05, 4.69) is 30.1 Å². The van der Waals surface area contributed by atoms with Crippen molar-refractivity contribution in [3.63, 3.8) is 0 Å². The molecule has 1 aromatic carbocycles. The fraction of sp³-hybridized carbons (Fsp3) is 0.385. The quantitative estimate of drug-likeness (QED) is 0.697. The lowest BCUT2D eigenvalue weighted by atomic mass is 10.1. The largest absolute Gasteiger partial charge is 0.493 e. The van der Waals surface area contributed by atoms with Crippen LogP contribution in [0.15, 0.2) is 18.2 Å². The van der Waals surface area contributed by atoms with Gasteiger partial charge in [-0.25, -0.2) is 0 Å². The maximum Gasteiger partial charge on any atom is 0.123 e. The number of hydrogen-bond donors (Lipinski definition) is 1. The lowest BCUT2D eigenvalue weighted by Crippen LogP contribution is -1.85. The standard InChI is InChI=1S/C11H11NO.C2H6/c1-7-6-9-8-4-5-13-11(8)3-2-10(9)12-7;1-2/h2-3,6,12H,4-5H2,1H3;1-2H3. The molecule has 1 aliphatic heterocycles.